The minimum Gasteiger partial charge on any atom is -0.463 e. The lowest BCUT2D eigenvalue weighted by Crippen LogP contribution is -2.08. The van der Waals surface area contributed by atoms with E-state index in [1.54, 1.807) is 38.1 Å². The van der Waals surface area contributed by atoms with Gasteiger partial charge < -0.3 is 19.0 Å². The first-order chi connectivity index (χ1) is 7.58. The normalized spacial score (nSPS) is 15.0. The predicted molar refractivity (Wildman–Crippen MR) is 56.8 cm³/mol. The van der Waals surface area contributed by atoms with Gasteiger partial charge in [-0.15, -0.1) is 0 Å². The molecule has 2 heterocycles. The van der Waals surface area contributed by atoms with E-state index in [-0.39, 0.29) is 0 Å². The molecule has 2 N–H and O–H groups in total. The maximum Gasteiger partial charge on any atom is 0.145 e. The summed E-state index contributed by atoms with van der Waals surface area (Å²) in [6, 6.07) is 6.75. The van der Waals surface area contributed by atoms with Gasteiger partial charge in [0.05, 0.1) is 0 Å². The van der Waals surface area contributed by atoms with Crippen LogP contribution in [0.5, 0.6) is 0 Å². The van der Waals surface area contributed by atoms with E-state index >= 15 is 0 Å². The molecular formula is C12H14O4. The fraction of sp³-hybridized carbons (Fsp3) is 0.333. The zero-order chi connectivity index (χ0) is 11.7. The van der Waals surface area contributed by atoms with Crippen LogP contribution in [-0.2, 0) is 0 Å². The van der Waals surface area contributed by atoms with Gasteiger partial charge in [-0.05, 0) is 38.1 Å². The summed E-state index contributed by atoms with van der Waals surface area (Å²) in [5, 5.41) is 19.7. The lowest BCUT2D eigenvalue weighted by molar-refractivity contribution is -0.00860. The highest BCUT2D eigenvalue weighted by molar-refractivity contribution is 5.15. The van der Waals surface area contributed by atoms with E-state index in [0.717, 1.165) is 0 Å². The third-order valence-corrected chi connectivity index (χ3v) is 2.40. The van der Waals surface area contributed by atoms with E-state index in [0.29, 0.717) is 23.0 Å². The molecule has 2 rings (SSSR count). The smallest absolute Gasteiger partial charge is 0.145 e. The van der Waals surface area contributed by atoms with Crippen LogP contribution in [0.3, 0.4) is 0 Å². The summed E-state index contributed by atoms with van der Waals surface area (Å²) in [5.74, 6) is 2.05. The van der Waals surface area contributed by atoms with E-state index in [1.807, 2.05) is 0 Å². The van der Waals surface area contributed by atoms with Gasteiger partial charge in [-0.3, -0.25) is 0 Å². The Morgan fingerprint density at radius 2 is 1.19 bits per heavy atom. The molecule has 0 saturated carbocycles. The lowest BCUT2D eigenvalue weighted by Gasteiger charge is -2.13. The molecule has 2 aromatic rings. The second kappa shape index (κ2) is 4.15. The van der Waals surface area contributed by atoms with Crippen LogP contribution in [0.25, 0.3) is 0 Å². The maximum atomic E-state index is 9.86. The van der Waals surface area contributed by atoms with Crippen molar-refractivity contribution in [1.29, 1.82) is 0 Å². The molecule has 0 aliphatic heterocycles. The molecule has 0 amide bonds. The molecule has 2 atom stereocenters. The molecule has 0 bridgehead atoms. The molecule has 4 nitrogen and oxygen atoms in total. The molecule has 86 valence electrons. The van der Waals surface area contributed by atoms with E-state index in [4.69, 9.17) is 8.83 Å². The van der Waals surface area contributed by atoms with E-state index in [2.05, 4.69) is 0 Å². The summed E-state index contributed by atoms with van der Waals surface area (Å²) in [7, 11) is 0. The van der Waals surface area contributed by atoms with Crippen LogP contribution in [-0.4, -0.2) is 10.2 Å². The third kappa shape index (κ3) is 2.03. The van der Waals surface area contributed by atoms with Crippen LogP contribution >= 0.6 is 0 Å². The topological polar surface area (TPSA) is 66.7 Å². The van der Waals surface area contributed by atoms with E-state index < -0.39 is 12.2 Å². The Balaban J connectivity index is 2.19. The molecule has 0 aromatic carbocycles. The Labute approximate surface area is 93.1 Å². The predicted octanol–water partition coefficient (Wildman–Crippen LogP) is 2.26. The Morgan fingerprint density at radius 1 is 0.812 bits per heavy atom. The Morgan fingerprint density at radius 3 is 1.44 bits per heavy atom. The maximum absolute atomic E-state index is 9.86. The Hall–Kier alpha value is -1.52. The molecule has 0 aliphatic rings. The van der Waals surface area contributed by atoms with E-state index in [1.165, 1.54) is 0 Å². The molecule has 0 saturated heterocycles. The van der Waals surface area contributed by atoms with Crippen molar-refractivity contribution in [2.24, 2.45) is 0 Å². The average Bonchev–Trinajstić information content (AvgIpc) is 2.85. The fourth-order valence-corrected chi connectivity index (χ4v) is 1.54. The first-order valence-electron chi connectivity index (χ1n) is 5.06. The molecular weight excluding hydrogens is 208 g/mol. The largest absolute Gasteiger partial charge is 0.463 e. The number of hydrogen-bond donors (Lipinski definition) is 2. The highest BCUT2D eigenvalue weighted by Gasteiger charge is 2.25. The fourth-order valence-electron chi connectivity index (χ4n) is 1.54. The van der Waals surface area contributed by atoms with Gasteiger partial charge in [0, 0.05) is 0 Å². The van der Waals surface area contributed by atoms with Crippen LogP contribution in [0.2, 0.25) is 0 Å². The van der Waals surface area contributed by atoms with Crippen molar-refractivity contribution < 1.29 is 19.0 Å². The summed E-state index contributed by atoms with van der Waals surface area (Å²) in [5.41, 5.74) is 0. The van der Waals surface area contributed by atoms with Crippen molar-refractivity contribution in [2.45, 2.75) is 26.1 Å². The van der Waals surface area contributed by atoms with Gasteiger partial charge in [0.1, 0.15) is 35.2 Å². The van der Waals surface area contributed by atoms with Crippen molar-refractivity contribution >= 4 is 0 Å². The molecule has 2 aromatic heterocycles. The van der Waals surface area contributed by atoms with Gasteiger partial charge in [0.25, 0.3) is 0 Å². The second-order valence-corrected chi connectivity index (χ2v) is 3.79. The van der Waals surface area contributed by atoms with Crippen molar-refractivity contribution in [1.82, 2.24) is 0 Å². The Kier molecular flexibility index (Phi) is 2.85. The van der Waals surface area contributed by atoms with Crippen LogP contribution < -0.4 is 0 Å². The van der Waals surface area contributed by atoms with Crippen LogP contribution in [0.15, 0.2) is 33.1 Å². The number of hydrogen-bond acceptors (Lipinski definition) is 4. The van der Waals surface area contributed by atoms with Gasteiger partial charge in [0.2, 0.25) is 0 Å². The summed E-state index contributed by atoms with van der Waals surface area (Å²) < 4.78 is 10.5. The van der Waals surface area contributed by atoms with Crippen LogP contribution in [0.4, 0.5) is 0 Å². The van der Waals surface area contributed by atoms with E-state index in [9.17, 15) is 10.2 Å². The number of aliphatic hydroxyl groups is 2. The van der Waals surface area contributed by atoms with Gasteiger partial charge in [-0.1, -0.05) is 0 Å². The van der Waals surface area contributed by atoms with Gasteiger partial charge in [0.15, 0.2) is 0 Å². The number of aryl methyl sites for hydroxylation is 2. The third-order valence-electron chi connectivity index (χ3n) is 2.40. The number of furan rings is 2. The summed E-state index contributed by atoms with van der Waals surface area (Å²) in [4.78, 5) is 0. The Bertz CT molecular complexity index is 425. The average molecular weight is 222 g/mol. The zero-order valence-corrected chi connectivity index (χ0v) is 9.18. The highest BCUT2D eigenvalue weighted by atomic mass is 16.4. The first kappa shape index (κ1) is 11.0. The summed E-state index contributed by atoms with van der Waals surface area (Å²) in [6.45, 7) is 3.55. The molecule has 0 spiro atoms. The number of aliphatic hydroxyl groups excluding tert-OH is 2. The first-order valence-corrected chi connectivity index (χ1v) is 5.06. The van der Waals surface area contributed by atoms with Crippen molar-refractivity contribution in [3.8, 4) is 0 Å². The summed E-state index contributed by atoms with van der Waals surface area (Å²) in [6.07, 6.45) is -2.22. The second-order valence-electron chi connectivity index (χ2n) is 3.79. The highest BCUT2D eigenvalue weighted by Crippen LogP contribution is 2.30. The zero-order valence-electron chi connectivity index (χ0n) is 9.18. The minimum absolute atomic E-state index is 0.332. The monoisotopic (exact) mass is 222 g/mol. The minimum atomic E-state index is -1.11. The van der Waals surface area contributed by atoms with Crippen molar-refractivity contribution in [2.75, 3.05) is 0 Å². The lowest BCUT2D eigenvalue weighted by atomic mass is 10.1. The molecule has 0 radical (unpaired) electrons. The van der Waals surface area contributed by atoms with Crippen LogP contribution in [0, 0.1) is 13.8 Å². The number of rotatable bonds is 3. The van der Waals surface area contributed by atoms with Crippen LogP contribution in [0.1, 0.15) is 35.2 Å². The molecule has 0 fully saturated rings. The molecule has 0 aliphatic carbocycles. The SMILES string of the molecule is Cc1ccc([C@@H](O)[C@H](O)c2ccc(C)o2)o1. The van der Waals surface area contributed by atoms with Gasteiger partial charge in [-0.25, -0.2) is 0 Å². The molecule has 4 heteroatoms. The van der Waals surface area contributed by atoms with Crippen molar-refractivity contribution in [3.63, 3.8) is 0 Å². The van der Waals surface area contributed by atoms with Gasteiger partial charge >= 0.3 is 0 Å². The quantitative estimate of drug-likeness (QED) is 0.835. The van der Waals surface area contributed by atoms with Crippen molar-refractivity contribution in [3.05, 3.63) is 47.3 Å². The van der Waals surface area contributed by atoms with Gasteiger partial charge in [-0.2, -0.15) is 0 Å². The summed E-state index contributed by atoms with van der Waals surface area (Å²) >= 11 is 0. The standard InChI is InChI=1S/C12H14O4/c1-7-3-5-9(15-7)11(13)12(14)10-6-4-8(2)16-10/h3-6,11-14H,1-2H3/t11-,12-/m1/s1. The molecule has 0 unspecified atom stereocenters. The molecule has 16 heavy (non-hydrogen) atoms.